The van der Waals surface area contributed by atoms with Crippen LogP contribution < -0.4 is 31.1 Å². The molecule has 4 heterocycles. The first-order valence-electron chi connectivity index (χ1n) is 23.7. The van der Waals surface area contributed by atoms with Crippen LogP contribution in [0.15, 0.2) is 60.7 Å². The Labute approximate surface area is 408 Å². The van der Waals surface area contributed by atoms with Gasteiger partial charge in [0, 0.05) is 82.0 Å². The number of benzene rings is 3. The van der Waals surface area contributed by atoms with E-state index < -0.39 is 11.9 Å². The van der Waals surface area contributed by atoms with Crippen molar-refractivity contribution < 1.29 is 37.9 Å². The molecule has 1 aliphatic carbocycles. The first-order chi connectivity index (χ1) is 32.9. The number of likely N-dealkylation sites (N-methyl/N-ethyl adjacent to an activating group) is 1. The molecule has 4 aliphatic heterocycles. The average Bonchev–Trinajstić information content (AvgIpc) is 3.70. The Bertz CT molecular complexity index is 2200. The number of hydrogen-bond acceptors (Lipinski definition) is 10. The fourth-order valence-corrected chi connectivity index (χ4v) is 10.4. The van der Waals surface area contributed by atoms with Crippen molar-refractivity contribution in [3.05, 3.63) is 87.7 Å². The van der Waals surface area contributed by atoms with E-state index in [0.717, 1.165) is 127 Å². The molecule has 3 aromatic rings. The van der Waals surface area contributed by atoms with E-state index in [4.69, 9.17) is 27.9 Å². The lowest BCUT2D eigenvalue weighted by Crippen LogP contribution is -2.51. The standard InChI is InChI=1S/C22H23Cl2FN2O.C22H31N5O4.C6H11NO2/c23-14-6-4-7-15(12-14)27-21(28)19-17(16-8-5-9-18(24)20(16)25)13-26-22(19)10-2-1-3-11-22;1-24(15-28)20-14-17(4-3-9-26-10-12-27(16-29)13-11-26)5-6-18(20)25(2)19-7-8-21(30)23-22(19)31;8-5-7-6-2-1-3-9-4-6/h4-9,12,17,19,26H,1-3,10-11,13H2,(H,27,28);5-6,14-16,19H,3-4,7-13H2,1-2H3,(H,23,30,31);5-6H,1-4H2,(H,7,8). The molecule has 4 saturated heterocycles. The SMILES string of the molecule is CN(C=O)c1cc(CCCN2CCN(C=O)CC2)ccc1N(C)C1CCC(=O)NC1=O.O=C(Nc1cccc(Cl)c1)C1C(c2cccc(Cl)c2F)CNC12CCCCC2.O=CNC1CCCOC1. The van der Waals surface area contributed by atoms with Crippen LogP contribution in [0.25, 0.3) is 0 Å². The van der Waals surface area contributed by atoms with Gasteiger partial charge in [-0.05, 0) is 99.0 Å². The molecule has 18 heteroatoms. The quantitative estimate of drug-likeness (QED) is 0.112. The Morgan fingerprint density at radius 1 is 0.941 bits per heavy atom. The van der Waals surface area contributed by atoms with Gasteiger partial charge in [0.2, 0.25) is 37.0 Å². The van der Waals surface area contributed by atoms with Crippen molar-refractivity contribution >= 4 is 77.2 Å². The number of halogens is 3. The van der Waals surface area contributed by atoms with Gasteiger partial charge in [-0.2, -0.15) is 0 Å². The number of piperidine rings is 1. The Hall–Kier alpha value is -5.13. The summed E-state index contributed by atoms with van der Waals surface area (Å²) >= 11 is 12.1. The second kappa shape index (κ2) is 25.5. The minimum atomic E-state index is -0.451. The number of nitrogens with one attached hydrogen (secondary N) is 4. The second-order valence-corrected chi connectivity index (χ2v) is 19.1. The predicted octanol–water partition coefficient (Wildman–Crippen LogP) is 5.92. The number of rotatable bonds is 14. The molecule has 3 aromatic carbocycles. The molecule has 4 unspecified atom stereocenters. The largest absolute Gasteiger partial charge is 0.379 e. The number of aryl methyl sites for hydroxylation is 1. The molecule has 4 N–H and O–H groups in total. The molecule has 0 bridgehead atoms. The average molecular weight is 980 g/mol. The summed E-state index contributed by atoms with van der Waals surface area (Å²) in [5.74, 6) is -1.72. The van der Waals surface area contributed by atoms with Gasteiger partial charge >= 0.3 is 0 Å². The van der Waals surface area contributed by atoms with Crippen LogP contribution in [0.3, 0.4) is 0 Å². The van der Waals surface area contributed by atoms with Crippen molar-refractivity contribution in [2.75, 3.05) is 81.7 Å². The van der Waals surface area contributed by atoms with Crippen LogP contribution in [0.5, 0.6) is 0 Å². The zero-order valence-electron chi connectivity index (χ0n) is 39.0. The normalized spacial score (nSPS) is 22.3. The summed E-state index contributed by atoms with van der Waals surface area (Å²) in [6.45, 7) is 6.39. The zero-order chi connectivity index (χ0) is 48.6. The Morgan fingerprint density at radius 3 is 2.38 bits per heavy atom. The summed E-state index contributed by atoms with van der Waals surface area (Å²) in [5.41, 5.74) is 3.49. The maximum absolute atomic E-state index is 14.8. The molecule has 5 fully saturated rings. The molecular weight excluding hydrogens is 915 g/mol. The second-order valence-electron chi connectivity index (χ2n) is 18.2. The summed E-state index contributed by atoms with van der Waals surface area (Å²) < 4.78 is 19.9. The van der Waals surface area contributed by atoms with Crippen LogP contribution in [0.4, 0.5) is 21.5 Å². The van der Waals surface area contributed by atoms with Crippen molar-refractivity contribution in [2.24, 2.45) is 5.92 Å². The number of piperazine rings is 1. The summed E-state index contributed by atoms with van der Waals surface area (Å²) in [5, 5.41) is 12.3. The minimum absolute atomic E-state index is 0.0936. The van der Waals surface area contributed by atoms with E-state index in [1.807, 2.05) is 36.2 Å². The number of imide groups is 1. The first-order valence-corrected chi connectivity index (χ1v) is 24.4. The molecule has 1 saturated carbocycles. The lowest BCUT2D eigenvalue weighted by molar-refractivity contribution is -0.134. The van der Waals surface area contributed by atoms with Crippen LogP contribution in [-0.4, -0.2) is 131 Å². The Balaban J connectivity index is 0.000000190. The summed E-state index contributed by atoms with van der Waals surface area (Å²) in [6, 6.07) is 17.9. The third-order valence-electron chi connectivity index (χ3n) is 13.8. The van der Waals surface area contributed by atoms with Gasteiger partial charge in [0.15, 0.2) is 0 Å². The maximum atomic E-state index is 14.8. The third-order valence-corrected chi connectivity index (χ3v) is 14.3. The summed E-state index contributed by atoms with van der Waals surface area (Å²) in [7, 11) is 3.51. The smallest absolute Gasteiger partial charge is 0.249 e. The van der Waals surface area contributed by atoms with Gasteiger partial charge in [-0.25, -0.2) is 4.39 Å². The van der Waals surface area contributed by atoms with E-state index >= 15 is 0 Å². The number of amides is 6. The zero-order valence-corrected chi connectivity index (χ0v) is 40.5. The molecule has 5 aliphatic rings. The van der Waals surface area contributed by atoms with E-state index in [9.17, 15) is 33.2 Å². The van der Waals surface area contributed by atoms with Gasteiger partial charge in [0.1, 0.15) is 11.9 Å². The number of hydrogen-bond donors (Lipinski definition) is 4. The highest BCUT2D eigenvalue weighted by molar-refractivity contribution is 6.31. The van der Waals surface area contributed by atoms with E-state index in [-0.39, 0.29) is 46.2 Å². The fourth-order valence-electron chi connectivity index (χ4n) is 10.1. The summed E-state index contributed by atoms with van der Waals surface area (Å²) in [6.07, 6.45) is 12.3. The molecule has 68 heavy (non-hydrogen) atoms. The van der Waals surface area contributed by atoms with E-state index in [2.05, 4.69) is 26.2 Å². The van der Waals surface area contributed by atoms with Crippen molar-refractivity contribution in [3.63, 3.8) is 0 Å². The highest BCUT2D eigenvalue weighted by Gasteiger charge is 2.53. The Morgan fingerprint density at radius 2 is 1.71 bits per heavy atom. The fraction of sp³-hybridized carbons (Fsp3) is 0.520. The van der Waals surface area contributed by atoms with Gasteiger partial charge in [-0.1, -0.05) is 66.7 Å². The van der Waals surface area contributed by atoms with Crippen molar-refractivity contribution in [1.82, 2.24) is 25.8 Å². The van der Waals surface area contributed by atoms with Crippen LogP contribution in [0, 0.1) is 11.7 Å². The monoisotopic (exact) mass is 978 g/mol. The molecule has 368 valence electrons. The van der Waals surface area contributed by atoms with Gasteiger partial charge in [-0.15, -0.1) is 0 Å². The Kier molecular flexibility index (Phi) is 19.6. The number of carbonyl (C=O) groups is 6. The molecule has 8 rings (SSSR count). The van der Waals surface area contributed by atoms with Crippen LogP contribution >= 0.6 is 23.2 Å². The predicted molar refractivity (Wildman–Crippen MR) is 262 cm³/mol. The van der Waals surface area contributed by atoms with Crippen molar-refractivity contribution in [1.29, 1.82) is 0 Å². The summed E-state index contributed by atoms with van der Waals surface area (Å²) in [4.78, 5) is 76.9. The lowest BCUT2D eigenvalue weighted by Gasteiger charge is -2.39. The van der Waals surface area contributed by atoms with E-state index in [0.29, 0.717) is 42.3 Å². The molecule has 6 amide bonds. The van der Waals surface area contributed by atoms with Crippen molar-refractivity contribution in [2.45, 2.75) is 94.2 Å². The highest BCUT2D eigenvalue weighted by Crippen LogP contribution is 2.47. The third kappa shape index (κ3) is 13.8. The molecule has 15 nitrogen and oxygen atoms in total. The van der Waals surface area contributed by atoms with Crippen LogP contribution in [0.2, 0.25) is 10.0 Å². The van der Waals surface area contributed by atoms with Crippen molar-refractivity contribution in [3.8, 4) is 0 Å². The maximum Gasteiger partial charge on any atom is 0.249 e. The van der Waals surface area contributed by atoms with Gasteiger partial charge < -0.3 is 35.4 Å². The van der Waals surface area contributed by atoms with Gasteiger partial charge in [0.25, 0.3) is 0 Å². The lowest BCUT2D eigenvalue weighted by atomic mass is 9.69. The highest BCUT2D eigenvalue weighted by atomic mass is 35.5. The van der Waals surface area contributed by atoms with Crippen LogP contribution in [-0.2, 0) is 39.9 Å². The van der Waals surface area contributed by atoms with Gasteiger partial charge in [0.05, 0.1) is 35.0 Å². The number of anilines is 3. The first kappa shape index (κ1) is 52.2. The molecule has 0 aromatic heterocycles. The number of ether oxygens (including phenoxy) is 1. The van der Waals surface area contributed by atoms with E-state index in [1.165, 1.54) is 11.3 Å². The van der Waals surface area contributed by atoms with E-state index in [1.54, 1.807) is 48.3 Å². The molecular formula is C50H65Cl2FN8O7. The number of carbonyl (C=O) groups excluding carboxylic acids is 6. The topological polar surface area (TPSA) is 173 Å². The number of nitrogens with zero attached hydrogens (tertiary/aromatic N) is 4. The molecule has 4 atom stereocenters. The molecule has 1 spiro atoms. The minimum Gasteiger partial charge on any atom is -0.379 e. The molecule has 0 radical (unpaired) electrons. The van der Waals surface area contributed by atoms with Crippen LogP contribution in [0.1, 0.15) is 81.3 Å². The van der Waals surface area contributed by atoms with Gasteiger partial charge in [-0.3, -0.25) is 39.0 Å².